The summed E-state index contributed by atoms with van der Waals surface area (Å²) < 4.78 is 1.66. The van der Waals surface area contributed by atoms with Gasteiger partial charge in [0.25, 0.3) is 5.91 Å². The maximum atomic E-state index is 13.8. The molecule has 7 nitrogen and oxygen atoms in total. The Kier molecular flexibility index (Phi) is 8.05. The topological polar surface area (TPSA) is 85.6 Å². The molecule has 0 fully saturated rings. The van der Waals surface area contributed by atoms with Gasteiger partial charge < -0.3 is 5.32 Å². The zero-order valence-corrected chi connectivity index (χ0v) is 23.4. The van der Waals surface area contributed by atoms with E-state index in [0.717, 1.165) is 33.8 Å². The van der Waals surface area contributed by atoms with Crippen LogP contribution in [0.4, 0.5) is 0 Å². The molecule has 0 aliphatic carbocycles. The van der Waals surface area contributed by atoms with Crippen molar-refractivity contribution >= 4 is 29.3 Å². The summed E-state index contributed by atoms with van der Waals surface area (Å²) in [4.78, 5) is 22.9. The molecule has 0 bridgehead atoms. The monoisotopic (exact) mass is 554 g/mol. The minimum atomic E-state index is -0.359. The number of aryl methyl sites for hydroxylation is 3. The molecule has 0 unspecified atom stereocenters. The quantitative estimate of drug-likeness (QED) is 0.175. The number of carbonyl (C=O) groups is 1. The van der Waals surface area contributed by atoms with E-state index < -0.39 is 0 Å². The van der Waals surface area contributed by atoms with Crippen molar-refractivity contribution in [3.8, 4) is 5.69 Å². The summed E-state index contributed by atoms with van der Waals surface area (Å²) in [7, 11) is 0. The first kappa shape index (κ1) is 26.6. The van der Waals surface area contributed by atoms with Crippen molar-refractivity contribution in [2.45, 2.75) is 37.7 Å². The standard InChI is InChI=1S/C30H27ClN6OS/c1-19-14-15-24(17-25(19)31)37-26(18-39-30-32-20(2)16-21(3)33-30)28(35-36-37)29(38)34-27(22-10-6-4-7-11-22)23-12-8-5-9-13-23/h4-17,27H,18H2,1-3H3,(H,34,38). The van der Waals surface area contributed by atoms with E-state index in [2.05, 4.69) is 25.6 Å². The maximum absolute atomic E-state index is 13.8. The highest BCUT2D eigenvalue weighted by atomic mass is 35.5. The van der Waals surface area contributed by atoms with Crippen molar-refractivity contribution in [3.05, 3.63) is 129 Å². The van der Waals surface area contributed by atoms with Crippen LogP contribution in [0, 0.1) is 20.8 Å². The minimum absolute atomic E-state index is 0.237. The van der Waals surface area contributed by atoms with Gasteiger partial charge in [-0.15, -0.1) is 5.10 Å². The molecule has 0 atom stereocenters. The van der Waals surface area contributed by atoms with Gasteiger partial charge in [-0.05, 0) is 55.7 Å². The number of hydrogen-bond donors (Lipinski definition) is 1. The molecule has 9 heteroatoms. The van der Waals surface area contributed by atoms with Gasteiger partial charge in [-0.2, -0.15) is 0 Å². The van der Waals surface area contributed by atoms with Crippen LogP contribution in [-0.4, -0.2) is 30.9 Å². The molecule has 0 aliphatic heterocycles. The second-order valence-corrected chi connectivity index (χ2v) is 10.5. The lowest BCUT2D eigenvalue weighted by Gasteiger charge is -2.19. The van der Waals surface area contributed by atoms with Crippen LogP contribution in [0.1, 0.15) is 50.3 Å². The van der Waals surface area contributed by atoms with E-state index in [1.807, 2.05) is 106 Å². The van der Waals surface area contributed by atoms with Crippen LogP contribution in [0.3, 0.4) is 0 Å². The first-order valence-corrected chi connectivity index (χ1v) is 13.8. The number of amides is 1. The molecular formula is C30H27ClN6OS. The predicted molar refractivity (Wildman–Crippen MR) is 154 cm³/mol. The van der Waals surface area contributed by atoms with E-state index in [1.165, 1.54) is 11.8 Å². The summed E-state index contributed by atoms with van der Waals surface area (Å²) in [5, 5.41) is 13.1. The van der Waals surface area contributed by atoms with Crippen molar-refractivity contribution in [2.24, 2.45) is 0 Å². The number of aromatic nitrogens is 5. The largest absolute Gasteiger partial charge is 0.340 e. The van der Waals surface area contributed by atoms with Crippen molar-refractivity contribution in [1.29, 1.82) is 0 Å². The number of thioether (sulfide) groups is 1. The zero-order valence-electron chi connectivity index (χ0n) is 21.8. The number of carbonyl (C=O) groups excluding carboxylic acids is 1. The number of nitrogens with zero attached hydrogens (tertiary/aromatic N) is 5. The lowest BCUT2D eigenvalue weighted by Crippen LogP contribution is -2.30. The van der Waals surface area contributed by atoms with Gasteiger partial charge in [0, 0.05) is 22.2 Å². The van der Waals surface area contributed by atoms with E-state index in [4.69, 9.17) is 11.6 Å². The van der Waals surface area contributed by atoms with Gasteiger partial charge in [0.15, 0.2) is 10.9 Å². The summed E-state index contributed by atoms with van der Waals surface area (Å²) in [6.45, 7) is 5.81. The van der Waals surface area contributed by atoms with Gasteiger partial charge in [-0.3, -0.25) is 4.79 Å². The Morgan fingerprint density at radius 3 is 2.10 bits per heavy atom. The summed E-state index contributed by atoms with van der Waals surface area (Å²) >= 11 is 7.86. The van der Waals surface area contributed by atoms with Crippen LogP contribution in [0.25, 0.3) is 5.69 Å². The molecule has 5 aromatic rings. The molecule has 0 spiro atoms. The molecule has 1 amide bonds. The number of rotatable bonds is 8. The molecule has 2 aromatic heterocycles. The minimum Gasteiger partial charge on any atom is -0.340 e. The van der Waals surface area contributed by atoms with Crippen molar-refractivity contribution in [2.75, 3.05) is 0 Å². The van der Waals surface area contributed by atoms with E-state index in [-0.39, 0.29) is 17.6 Å². The third-order valence-corrected chi connectivity index (χ3v) is 7.48. The van der Waals surface area contributed by atoms with Crippen molar-refractivity contribution in [3.63, 3.8) is 0 Å². The first-order valence-electron chi connectivity index (χ1n) is 12.5. The Labute approximate surface area is 236 Å². The number of nitrogens with one attached hydrogen (secondary N) is 1. The zero-order chi connectivity index (χ0) is 27.4. The van der Waals surface area contributed by atoms with E-state index in [0.29, 0.717) is 21.6 Å². The molecule has 0 saturated carbocycles. The number of benzene rings is 3. The van der Waals surface area contributed by atoms with Gasteiger partial charge in [0.1, 0.15) is 0 Å². The van der Waals surface area contributed by atoms with Crippen LogP contribution >= 0.6 is 23.4 Å². The predicted octanol–water partition coefficient (Wildman–Crippen LogP) is 6.45. The summed E-state index contributed by atoms with van der Waals surface area (Å²) in [6.07, 6.45) is 0. The first-order chi connectivity index (χ1) is 18.9. The fraction of sp³-hybridized carbons (Fsp3) is 0.167. The van der Waals surface area contributed by atoms with Crippen LogP contribution in [0.2, 0.25) is 5.02 Å². The average Bonchev–Trinajstić information content (AvgIpc) is 3.36. The SMILES string of the molecule is Cc1cc(C)nc(SCc2c(C(=O)NC(c3ccccc3)c3ccccc3)nnn2-c2ccc(C)c(Cl)c2)n1. The highest BCUT2D eigenvalue weighted by molar-refractivity contribution is 7.98. The molecule has 5 rings (SSSR count). The lowest BCUT2D eigenvalue weighted by molar-refractivity contribution is 0.0937. The van der Waals surface area contributed by atoms with Gasteiger partial charge in [-0.25, -0.2) is 14.6 Å². The summed E-state index contributed by atoms with van der Waals surface area (Å²) in [5.74, 6) is 0.0555. The molecule has 0 radical (unpaired) electrons. The van der Waals surface area contributed by atoms with Gasteiger partial charge in [0.05, 0.1) is 17.4 Å². The highest BCUT2D eigenvalue weighted by Gasteiger charge is 2.25. The van der Waals surface area contributed by atoms with Crippen LogP contribution in [-0.2, 0) is 5.75 Å². The molecule has 0 saturated heterocycles. The van der Waals surface area contributed by atoms with Crippen molar-refractivity contribution < 1.29 is 4.79 Å². The van der Waals surface area contributed by atoms with Gasteiger partial charge in [-0.1, -0.05) is 95.3 Å². The second kappa shape index (κ2) is 11.8. The van der Waals surface area contributed by atoms with E-state index in [1.54, 1.807) is 4.68 Å². The number of halogens is 1. The van der Waals surface area contributed by atoms with Gasteiger partial charge >= 0.3 is 0 Å². The van der Waals surface area contributed by atoms with E-state index in [9.17, 15) is 4.79 Å². The maximum Gasteiger partial charge on any atom is 0.274 e. The third kappa shape index (κ3) is 6.19. The molecule has 196 valence electrons. The molecule has 0 aliphatic rings. The molecule has 1 N–H and O–H groups in total. The lowest BCUT2D eigenvalue weighted by atomic mass is 9.98. The Balaban J connectivity index is 1.52. The van der Waals surface area contributed by atoms with E-state index >= 15 is 0 Å². The molecule has 2 heterocycles. The Morgan fingerprint density at radius 2 is 1.51 bits per heavy atom. The van der Waals surface area contributed by atoms with Crippen LogP contribution in [0.5, 0.6) is 0 Å². The average molecular weight is 555 g/mol. The second-order valence-electron chi connectivity index (χ2n) is 9.18. The fourth-order valence-electron chi connectivity index (χ4n) is 4.27. The van der Waals surface area contributed by atoms with Crippen LogP contribution in [0.15, 0.2) is 90.1 Å². The van der Waals surface area contributed by atoms with Gasteiger partial charge in [0.2, 0.25) is 0 Å². The summed E-state index contributed by atoms with van der Waals surface area (Å²) in [6, 6.07) is 27.0. The molecule has 39 heavy (non-hydrogen) atoms. The Bertz CT molecular complexity index is 1550. The highest BCUT2D eigenvalue weighted by Crippen LogP contribution is 2.27. The number of hydrogen-bond acceptors (Lipinski definition) is 6. The third-order valence-electron chi connectivity index (χ3n) is 6.22. The smallest absolute Gasteiger partial charge is 0.274 e. The van der Waals surface area contributed by atoms with Crippen LogP contribution < -0.4 is 5.32 Å². The summed E-state index contributed by atoms with van der Waals surface area (Å²) in [5.41, 5.74) is 6.23. The Morgan fingerprint density at radius 1 is 0.897 bits per heavy atom. The molecule has 3 aromatic carbocycles. The molecular weight excluding hydrogens is 528 g/mol. The fourth-order valence-corrected chi connectivity index (χ4v) is 5.39. The Hall–Kier alpha value is -4.01. The normalized spacial score (nSPS) is 11.1. The van der Waals surface area contributed by atoms with Crippen molar-refractivity contribution in [1.82, 2.24) is 30.3 Å².